The van der Waals surface area contributed by atoms with Gasteiger partial charge in [0.1, 0.15) is 12.2 Å². The molecule has 1 rings (SSSR count). The lowest BCUT2D eigenvalue weighted by atomic mass is 10.1. The minimum absolute atomic E-state index is 0.253. The molecule has 0 aromatic heterocycles. The van der Waals surface area contributed by atoms with E-state index < -0.39 is 11.8 Å². The molecule has 4 nitrogen and oxygen atoms in total. The van der Waals surface area contributed by atoms with Gasteiger partial charge in [-0.1, -0.05) is 12.7 Å². The maximum atomic E-state index is 11.1. The van der Waals surface area contributed by atoms with Gasteiger partial charge in [-0.15, -0.1) is 6.58 Å². The van der Waals surface area contributed by atoms with Crippen LogP contribution in [-0.2, 0) is 19.0 Å². The summed E-state index contributed by atoms with van der Waals surface area (Å²) in [5.74, 6) is -1.08. The first-order valence-electron chi connectivity index (χ1n) is 5.24. The fraction of sp³-hybridized carbons (Fsp3) is 0.583. The van der Waals surface area contributed by atoms with Gasteiger partial charge in [0.25, 0.3) is 0 Å². The van der Waals surface area contributed by atoms with Crippen LogP contribution in [0.1, 0.15) is 20.3 Å². The molecule has 2 atom stereocenters. The Morgan fingerprint density at radius 2 is 2.31 bits per heavy atom. The van der Waals surface area contributed by atoms with E-state index in [1.165, 1.54) is 0 Å². The van der Waals surface area contributed by atoms with Crippen molar-refractivity contribution in [1.29, 1.82) is 0 Å². The predicted molar refractivity (Wildman–Crippen MR) is 59.8 cm³/mol. The van der Waals surface area contributed by atoms with Gasteiger partial charge in [-0.25, -0.2) is 4.79 Å². The Morgan fingerprint density at radius 1 is 1.62 bits per heavy atom. The third-order valence-corrected chi connectivity index (χ3v) is 2.28. The van der Waals surface area contributed by atoms with E-state index in [1.54, 1.807) is 6.08 Å². The fourth-order valence-electron chi connectivity index (χ4n) is 1.54. The summed E-state index contributed by atoms with van der Waals surface area (Å²) >= 11 is 0. The van der Waals surface area contributed by atoms with Gasteiger partial charge >= 0.3 is 5.97 Å². The van der Waals surface area contributed by atoms with Crippen LogP contribution in [0.15, 0.2) is 25.3 Å². The molecular weight excluding hydrogens is 208 g/mol. The topological polar surface area (TPSA) is 44.8 Å². The number of rotatable bonds is 5. The van der Waals surface area contributed by atoms with E-state index in [9.17, 15) is 4.79 Å². The molecule has 0 aromatic rings. The van der Waals surface area contributed by atoms with Crippen LogP contribution in [0.4, 0.5) is 0 Å². The second-order valence-electron chi connectivity index (χ2n) is 4.07. The minimum Gasteiger partial charge on any atom is -0.456 e. The van der Waals surface area contributed by atoms with E-state index in [-0.39, 0.29) is 12.2 Å². The van der Waals surface area contributed by atoms with Crippen LogP contribution in [0.2, 0.25) is 0 Å². The summed E-state index contributed by atoms with van der Waals surface area (Å²) in [5, 5.41) is 0. The summed E-state index contributed by atoms with van der Waals surface area (Å²) in [4.78, 5) is 11.1. The molecule has 0 radical (unpaired) electrons. The Hall–Kier alpha value is -1.13. The Morgan fingerprint density at radius 3 is 2.75 bits per heavy atom. The van der Waals surface area contributed by atoms with Crippen LogP contribution in [0.5, 0.6) is 0 Å². The van der Waals surface area contributed by atoms with Crippen LogP contribution in [0.3, 0.4) is 0 Å². The Balaban J connectivity index is 2.60. The number of carbonyl (C=O) groups excluding carboxylic acids is 1. The van der Waals surface area contributed by atoms with Gasteiger partial charge < -0.3 is 14.2 Å². The van der Waals surface area contributed by atoms with Gasteiger partial charge in [-0.2, -0.15) is 0 Å². The van der Waals surface area contributed by atoms with Crippen LogP contribution in [-0.4, -0.2) is 30.6 Å². The number of hydrogen-bond acceptors (Lipinski definition) is 4. The molecule has 0 aromatic carbocycles. The van der Waals surface area contributed by atoms with Crippen molar-refractivity contribution in [3.8, 4) is 0 Å². The Labute approximate surface area is 95.9 Å². The van der Waals surface area contributed by atoms with E-state index in [1.807, 2.05) is 13.8 Å². The monoisotopic (exact) mass is 226 g/mol. The molecule has 1 aliphatic rings. The van der Waals surface area contributed by atoms with Crippen molar-refractivity contribution < 1.29 is 19.0 Å². The highest BCUT2D eigenvalue weighted by molar-refractivity contribution is 5.81. The standard InChI is InChI=1S/C12H18O4/c1-5-7-9(15-11(13)6-2)10-8-14-12(3,4)16-10/h5-6,9-10H,1-2,7-8H2,3-4H3/t9-,10+/m1/s1. The van der Waals surface area contributed by atoms with Crippen LogP contribution in [0, 0.1) is 0 Å². The number of ether oxygens (including phenoxy) is 3. The van der Waals surface area contributed by atoms with Gasteiger partial charge in [-0.05, 0) is 13.8 Å². The average molecular weight is 226 g/mol. The molecule has 0 spiro atoms. The maximum absolute atomic E-state index is 11.1. The van der Waals surface area contributed by atoms with Gasteiger partial charge in [0.15, 0.2) is 5.79 Å². The number of esters is 1. The molecule has 0 bridgehead atoms. The van der Waals surface area contributed by atoms with Crippen LogP contribution >= 0.6 is 0 Å². The largest absolute Gasteiger partial charge is 0.456 e. The molecule has 16 heavy (non-hydrogen) atoms. The number of carbonyl (C=O) groups is 1. The van der Waals surface area contributed by atoms with Crippen molar-refractivity contribution in [3.05, 3.63) is 25.3 Å². The summed E-state index contributed by atoms with van der Waals surface area (Å²) < 4.78 is 16.2. The molecular formula is C12H18O4. The molecule has 1 aliphatic heterocycles. The van der Waals surface area contributed by atoms with E-state index in [0.29, 0.717) is 13.0 Å². The van der Waals surface area contributed by atoms with Gasteiger partial charge in [0, 0.05) is 12.5 Å². The molecule has 0 unspecified atom stereocenters. The summed E-state index contributed by atoms with van der Waals surface area (Å²) in [6, 6.07) is 0. The summed E-state index contributed by atoms with van der Waals surface area (Å²) in [6.07, 6.45) is 2.73. The minimum atomic E-state index is -0.620. The molecule has 1 fully saturated rings. The van der Waals surface area contributed by atoms with Crippen LogP contribution in [0.25, 0.3) is 0 Å². The first-order valence-corrected chi connectivity index (χ1v) is 5.24. The van der Waals surface area contributed by atoms with Crippen molar-refractivity contribution in [3.63, 3.8) is 0 Å². The first kappa shape index (κ1) is 12.9. The van der Waals surface area contributed by atoms with Gasteiger partial charge in [0.05, 0.1) is 6.61 Å². The molecule has 0 aliphatic carbocycles. The van der Waals surface area contributed by atoms with E-state index in [0.717, 1.165) is 6.08 Å². The number of hydrogen-bond donors (Lipinski definition) is 0. The van der Waals surface area contributed by atoms with Crippen molar-refractivity contribution in [2.24, 2.45) is 0 Å². The summed E-state index contributed by atoms with van der Waals surface area (Å²) in [6.45, 7) is 11.1. The summed E-state index contributed by atoms with van der Waals surface area (Å²) in [5.41, 5.74) is 0. The average Bonchev–Trinajstić information content (AvgIpc) is 2.58. The highest BCUT2D eigenvalue weighted by atomic mass is 16.7. The van der Waals surface area contributed by atoms with E-state index >= 15 is 0 Å². The normalized spacial score (nSPS) is 24.8. The lowest BCUT2D eigenvalue weighted by Gasteiger charge is -2.22. The SMILES string of the molecule is C=CC[C@@H](OC(=O)C=C)[C@@H]1COC(C)(C)O1. The zero-order valence-corrected chi connectivity index (χ0v) is 9.77. The fourth-order valence-corrected chi connectivity index (χ4v) is 1.54. The second-order valence-corrected chi connectivity index (χ2v) is 4.07. The van der Waals surface area contributed by atoms with Gasteiger partial charge in [-0.3, -0.25) is 0 Å². The molecule has 4 heteroatoms. The molecule has 0 N–H and O–H groups in total. The van der Waals surface area contributed by atoms with Crippen molar-refractivity contribution >= 4 is 5.97 Å². The third-order valence-electron chi connectivity index (χ3n) is 2.28. The zero-order chi connectivity index (χ0) is 12.2. The van der Waals surface area contributed by atoms with Crippen molar-refractivity contribution in [1.82, 2.24) is 0 Å². The van der Waals surface area contributed by atoms with Gasteiger partial charge in [0.2, 0.25) is 0 Å². The van der Waals surface area contributed by atoms with Crippen LogP contribution < -0.4 is 0 Å². The van der Waals surface area contributed by atoms with E-state index in [2.05, 4.69) is 13.2 Å². The lowest BCUT2D eigenvalue weighted by molar-refractivity contribution is -0.166. The van der Waals surface area contributed by atoms with Crippen molar-refractivity contribution in [2.45, 2.75) is 38.3 Å². The Kier molecular flexibility index (Phi) is 4.26. The van der Waals surface area contributed by atoms with E-state index in [4.69, 9.17) is 14.2 Å². The predicted octanol–water partition coefficient (Wildman–Crippen LogP) is 1.81. The van der Waals surface area contributed by atoms with Crippen molar-refractivity contribution in [2.75, 3.05) is 6.61 Å². The molecule has 1 heterocycles. The Bertz CT molecular complexity index is 283. The zero-order valence-electron chi connectivity index (χ0n) is 9.77. The molecule has 90 valence electrons. The maximum Gasteiger partial charge on any atom is 0.330 e. The quantitative estimate of drug-likeness (QED) is 0.407. The molecule has 0 saturated carbocycles. The molecule has 1 saturated heterocycles. The first-order chi connectivity index (χ1) is 7.48. The second kappa shape index (κ2) is 5.27. The highest BCUT2D eigenvalue weighted by Gasteiger charge is 2.38. The smallest absolute Gasteiger partial charge is 0.330 e. The highest BCUT2D eigenvalue weighted by Crippen LogP contribution is 2.26. The lowest BCUT2D eigenvalue weighted by Crippen LogP contribution is -2.34. The third kappa shape index (κ3) is 3.47. The molecule has 0 amide bonds. The summed E-state index contributed by atoms with van der Waals surface area (Å²) in [7, 11) is 0.